The summed E-state index contributed by atoms with van der Waals surface area (Å²) in [4.78, 5) is 15.8. The lowest BCUT2D eigenvalue weighted by atomic mass is 9.66. The minimum Gasteiger partial charge on any atom is -0.452 e. The lowest BCUT2D eigenvalue weighted by Crippen LogP contribution is -2.33. The van der Waals surface area contributed by atoms with Crippen LogP contribution in [0.25, 0.3) is 93.9 Å². The Labute approximate surface area is 489 Å². The van der Waals surface area contributed by atoms with E-state index in [0.717, 1.165) is 143 Å². The topological polar surface area (TPSA) is 124 Å². The molecule has 0 bridgehead atoms. The fraction of sp³-hybridized carbons (Fsp3) is 0.0135. The van der Waals surface area contributed by atoms with Crippen molar-refractivity contribution in [3.05, 3.63) is 276 Å². The van der Waals surface area contributed by atoms with Crippen LogP contribution in [0.4, 0.5) is 17.1 Å². The van der Waals surface area contributed by atoms with E-state index in [2.05, 4.69) is 188 Å². The number of pyridine rings is 2. The molecule has 392 valence electrons. The number of fused-ring (bicyclic) bond motifs is 20. The lowest BCUT2D eigenvalue weighted by Gasteiger charge is -2.41. The summed E-state index contributed by atoms with van der Waals surface area (Å²) in [5.74, 6) is 1.28. The van der Waals surface area contributed by atoms with Crippen molar-refractivity contribution in [1.29, 1.82) is 15.8 Å². The van der Waals surface area contributed by atoms with E-state index in [9.17, 15) is 15.8 Å². The molecule has 18 rings (SSSR count). The van der Waals surface area contributed by atoms with Gasteiger partial charge < -0.3 is 23.3 Å². The average molecular weight is 1100 g/mol. The predicted molar refractivity (Wildman–Crippen MR) is 335 cm³/mol. The van der Waals surface area contributed by atoms with Gasteiger partial charge in [0.15, 0.2) is 11.5 Å². The van der Waals surface area contributed by atoms with Crippen molar-refractivity contribution in [2.75, 3.05) is 4.90 Å². The quantitative estimate of drug-likeness (QED) is 0.171. The second-order valence-electron chi connectivity index (χ2n) is 21.8. The normalized spacial score (nSPS) is 13.3. The molecule has 0 N–H and O–H groups in total. The van der Waals surface area contributed by atoms with Crippen molar-refractivity contribution in [2.24, 2.45) is 0 Å². The zero-order valence-electron chi connectivity index (χ0n) is 44.9. The molecule has 0 saturated carbocycles. The Kier molecular flexibility index (Phi) is 9.63. The molecule has 1 spiro atoms. The number of nitrogens with zero attached hydrogens (tertiary/aromatic N) is 9. The third-order valence-corrected chi connectivity index (χ3v) is 18.7. The van der Waals surface area contributed by atoms with E-state index in [0.29, 0.717) is 28.2 Å². The molecule has 10 nitrogen and oxygen atoms in total. The predicted octanol–water partition coefficient (Wildman–Crippen LogP) is 17.8. The third-order valence-electron chi connectivity index (χ3n) is 17.6. The number of ether oxygens (including phenoxy) is 1. The van der Waals surface area contributed by atoms with E-state index in [1.807, 2.05) is 85.2 Å². The zero-order chi connectivity index (χ0) is 56.2. The summed E-state index contributed by atoms with van der Waals surface area (Å²) in [6.45, 7) is 0. The van der Waals surface area contributed by atoms with E-state index >= 15 is 0 Å². The van der Waals surface area contributed by atoms with Gasteiger partial charge >= 0.3 is 0 Å². The first kappa shape index (κ1) is 47.0. The van der Waals surface area contributed by atoms with Gasteiger partial charge in [-0.25, -0.2) is 0 Å². The first-order valence-corrected chi connectivity index (χ1v) is 28.8. The van der Waals surface area contributed by atoms with Crippen LogP contribution in [0.5, 0.6) is 11.5 Å². The minimum absolute atomic E-state index is 0.574. The number of anilines is 3. The van der Waals surface area contributed by atoms with E-state index in [1.165, 1.54) is 0 Å². The Morgan fingerprint density at radius 1 is 0.353 bits per heavy atom. The summed E-state index contributed by atoms with van der Waals surface area (Å²) < 4.78 is 14.8. The maximum absolute atomic E-state index is 10.3. The Hall–Kier alpha value is -11.7. The number of hydrogen-bond donors (Lipinski definition) is 0. The maximum atomic E-state index is 10.3. The molecular weight excluding hydrogens is 1060 g/mol. The van der Waals surface area contributed by atoms with Gasteiger partial charge in [-0.15, -0.1) is 0 Å². The summed E-state index contributed by atoms with van der Waals surface area (Å²) in [6.07, 6.45) is 3.96. The van der Waals surface area contributed by atoms with Gasteiger partial charge in [-0.05, 0) is 121 Å². The summed E-state index contributed by atoms with van der Waals surface area (Å²) >= 11 is 1.77. The highest BCUT2D eigenvalue weighted by Crippen LogP contribution is 2.65. The number of para-hydroxylation sites is 7. The van der Waals surface area contributed by atoms with E-state index in [4.69, 9.17) is 14.7 Å². The van der Waals surface area contributed by atoms with Crippen LogP contribution in [0, 0.1) is 34.0 Å². The van der Waals surface area contributed by atoms with Gasteiger partial charge in [-0.2, -0.15) is 15.8 Å². The highest BCUT2D eigenvalue weighted by molar-refractivity contribution is 7.99. The van der Waals surface area contributed by atoms with Crippen LogP contribution in [0.2, 0.25) is 0 Å². The largest absolute Gasteiger partial charge is 0.452 e. The zero-order valence-corrected chi connectivity index (χ0v) is 45.7. The van der Waals surface area contributed by atoms with Gasteiger partial charge in [0.05, 0.1) is 131 Å². The molecular formula is C74H39N9OS. The fourth-order valence-corrected chi connectivity index (χ4v) is 15.2. The van der Waals surface area contributed by atoms with Crippen molar-refractivity contribution >= 4 is 94.2 Å². The maximum Gasteiger partial charge on any atom is 0.156 e. The number of benzene rings is 10. The summed E-state index contributed by atoms with van der Waals surface area (Å²) in [5.41, 5.74) is 16.8. The van der Waals surface area contributed by atoms with Crippen molar-refractivity contribution in [1.82, 2.24) is 23.7 Å². The molecule has 0 saturated heterocycles. The van der Waals surface area contributed by atoms with Gasteiger partial charge in [0.25, 0.3) is 0 Å². The Morgan fingerprint density at radius 2 is 0.741 bits per heavy atom. The molecule has 0 atom stereocenters. The van der Waals surface area contributed by atoms with Crippen molar-refractivity contribution in [3.63, 3.8) is 0 Å². The summed E-state index contributed by atoms with van der Waals surface area (Å²) in [7, 11) is 0. The minimum atomic E-state index is -1.18. The molecule has 1 aliphatic carbocycles. The first-order valence-electron chi connectivity index (χ1n) is 28.0. The Balaban J connectivity index is 1.01. The molecule has 11 heteroatoms. The standard InChI is InChI=1S/C74H39N9OS/c75-38-43-27-30-61-51(33-43)48-13-1-4-18-58(48)80(61)46-36-56-70(78-41-46)71-57(37-47(42-79-71)81-64-21-7-9-25-68(64)85-69-26-10-8-22-65(69)81)74(56)54-16-11-23-66(82-59-19-5-2-14-49(59)52-34-44(39-76)28-31-62(52)82)72(54)84-73-55(74)17-12-24-67(73)83-60-20-6-3-15-50(60)53-35-45(40-77)29-32-63(53)83/h1-37,41-42H. The molecule has 85 heavy (non-hydrogen) atoms. The van der Waals surface area contributed by atoms with Gasteiger partial charge in [0.1, 0.15) is 0 Å². The second-order valence-corrected chi connectivity index (χ2v) is 22.9. The van der Waals surface area contributed by atoms with Crippen LogP contribution in [0.1, 0.15) is 38.9 Å². The number of nitriles is 3. The van der Waals surface area contributed by atoms with Gasteiger partial charge in [-0.1, -0.05) is 115 Å². The van der Waals surface area contributed by atoms with Crippen LogP contribution < -0.4 is 9.64 Å². The molecule has 7 heterocycles. The number of aromatic nitrogens is 5. The Bertz CT molecular complexity index is 5420. The molecule has 15 aromatic rings. The molecule has 10 aromatic carbocycles. The Morgan fingerprint density at radius 3 is 1.22 bits per heavy atom. The van der Waals surface area contributed by atoms with Gasteiger partial charge in [-0.3, -0.25) is 9.97 Å². The SMILES string of the molecule is N#Cc1ccc2c(c1)c1ccccc1n2-c1cnc2c(c1)C1(c3cc(N4c5ccccc5Sc5ccccc54)cnc3-2)c2cccc(-n3c4ccccc4c4cc(C#N)ccc43)c2Oc2c(-n3c4ccccc4c4cc(C#N)ccc43)cccc21. The molecule has 0 amide bonds. The monoisotopic (exact) mass is 1100 g/mol. The molecule has 0 radical (unpaired) electrons. The summed E-state index contributed by atoms with van der Waals surface area (Å²) in [5, 5.41) is 36.6. The summed E-state index contributed by atoms with van der Waals surface area (Å²) in [6, 6.07) is 84.7. The second kappa shape index (κ2) is 17.4. The molecule has 2 aliphatic heterocycles. The molecule has 3 aliphatic rings. The van der Waals surface area contributed by atoms with Crippen LogP contribution in [-0.4, -0.2) is 23.7 Å². The van der Waals surface area contributed by atoms with Gasteiger partial charge in [0, 0.05) is 64.4 Å². The van der Waals surface area contributed by atoms with Crippen molar-refractivity contribution < 1.29 is 4.74 Å². The molecule has 0 fully saturated rings. The van der Waals surface area contributed by atoms with Crippen molar-refractivity contribution in [3.8, 4) is 58.2 Å². The van der Waals surface area contributed by atoms with Crippen LogP contribution >= 0.6 is 11.8 Å². The fourth-order valence-electron chi connectivity index (χ4n) is 14.2. The third kappa shape index (κ3) is 6.30. The highest BCUT2D eigenvalue weighted by Gasteiger charge is 2.54. The van der Waals surface area contributed by atoms with Crippen LogP contribution in [0.15, 0.2) is 247 Å². The van der Waals surface area contributed by atoms with Crippen LogP contribution in [0.3, 0.4) is 0 Å². The first-order chi connectivity index (χ1) is 42.0. The van der Waals surface area contributed by atoms with Crippen LogP contribution in [-0.2, 0) is 5.41 Å². The van der Waals surface area contributed by atoms with E-state index in [1.54, 1.807) is 11.8 Å². The van der Waals surface area contributed by atoms with E-state index < -0.39 is 5.41 Å². The van der Waals surface area contributed by atoms with Gasteiger partial charge in [0.2, 0.25) is 0 Å². The number of rotatable bonds is 4. The molecule has 5 aromatic heterocycles. The van der Waals surface area contributed by atoms with Crippen molar-refractivity contribution in [2.45, 2.75) is 15.2 Å². The highest BCUT2D eigenvalue weighted by atomic mass is 32.2. The van der Waals surface area contributed by atoms with E-state index in [-0.39, 0.29) is 0 Å². The molecule has 0 unspecified atom stereocenters. The number of hydrogen-bond acceptors (Lipinski definition) is 8. The lowest BCUT2D eigenvalue weighted by molar-refractivity contribution is 0.433. The smallest absolute Gasteiger partial charge is 0.156 e. The average Bonchev–Trinajstić information content (AvgIpc) is 1.62.